The lowest BCUT2D eigenvalue weighted by Gasteiger charge is -2.43. The zero-order valence-corrected chi connectivity index (χ0v) is 16.7. The molecule has 160 valence electrons. The van der Waals surface area contributed by atoms with Crippen LogP contribution in [-0.4, -0.2) is 47.6 Å². The Kier molecular flexibility index (Phi) is 7.52. The molecule has 5 unspecified atom stereocenters. The van der Waals surface area contributed by atoms with E-state index in [1.54, 1.807) is 13.0 Å². The average Bonchev–Trinajstić information content (AvgIpc) is 2.67. The highest BCUT2D eigenvalue weighted by Crippen LogP contribution is 2.38. The summed E-state index contributed by atoms with van der Waals surface area (Å²) in [5.74, 6) is -0.983. The van der Waals surface area contributed by atoms with Gasteiger partial charge in [-0.05, 0) is 30.0 Å². The van der Waals surface area contributed by atoms with E-state index in [2.05, 4.69) is 0 Å². The minimum absolute atomic E-state index is 0.0355. The SMILES string of the molecule is CC(=O)OC1C(Oc2c(C)cc(CO)cc2[N+](=O)[O-])OC(COC=O)C(C)C1C. The van der Waals surface area contributed by atoms with Gasteiger partial charge in [0.05, 0.1) is 17.6 Å². The summed E-state index contributed by atoms with van der Waals surface area (Å²) in [6.07, 6.45) is -2.53. The predicted octanol–water partition coefficient (Wildman–Crippen LogP) is 1.88. The maximum atomic E-state index is 11.6. The van der Waals surface area contributed by atoms with Crippen molar-refractivity contribution in [3.63, 3.8) is 0 Å². The van der Waals surface area contributed by atoms with E-state index in [9.17, 15) is 24.8 Å². The van der Waals surface area contributed by atoms with Crippen molar-refractivity contribution in [3.8, 4) is 5.75 Å². The van der Waals surface area contributed by atoms with Gasteiger partial charge in [-0.3, -0.25) is 19.7 Å². The molecule has 0 spiro atoms. The van der Waals surface area contributed by atoms with E-state index in [1.165, 1.54) is 13.0 Å². The topological polar surface area (TPSA) is 134 Å². The lowest BCUT2D eigenvalue weighted by Crippen LogP contribution is -2.54. The maximum absolute atomic E-state index is 11.6. The molecule has 5 atom stereocenters. The molecule has 0 bridgehead atoms. The van der Waals surface area contributed by atoms with Gasteiger partial charge in [0, 0.05) is 18.9 Å². The Morgan fingerprint density at radius 2 is 2.03 bits per heavy atom. The number of ether oxygens (including phenoxy) is 4. The third-order valence-electron chi connectivity index (χ3n) is 5.07. The quantitative estimate of drug-likeness (QED) is 0.294. The van der Waals surface area contributed by atoms with Gasteiger partial charge in [-0.25, -0.2) is 0 Å². The van der Waals surface area contributed by atoms with Crippen molar-refractivity contribution in [2.45, 2.75) is 52.8 Å². The Bertz CT molecular complexity index is 766. The van der Waals surface area contributed by atoms with Crippen molar-refractivity contribution in [2.75, 3.05) is 6.61 Å². The Morgan fingerprint density at radius 3 is 2.59 bits per heavy atom. The second-order valence-corrected chi connectivity index (χ2v) is 7.06. The number of benzene rings is 1. The highest BCUT2D eigenvalue weighted by molar-refractivity contribution is 5.66. The van der Waals surface area contributed by atoms with Gasteiger partial charge in [0.2, 0.25) is 12.0 Å². The molecule has 29 heavy (non-hydrogen) atoms. The summed E-state index contributed by atoms with van der Waals surface area (Å²) in [6.45, 7) is 6.45. The van der Waals surface area contributed by atoms with Crippen molar-refractivity contribution >= 4 is 18.1 Å². The number of aryl methyl sites for hydroxylation is 1. The second kappa shape index (κ2) is 9.66. The summed E-state index contributed by atoms with van der Waals surface area (Å²) in [5.41, 5.74) is 0.438. The van der Waals surface area contributed by atoms with Gasteiger partial charge in [0.1, 0.15) is 6.61 Å². The van der Waals surface area contributed by atoms with E-state index in [0.29, 0.717) is 17.6 Å². The zero-order valence-electron chi connectivity index (χ0n) is 16.7. The number of hydrogen-bond donors (Lipinski definition) is 1. The molecule has 1 aromatic rings. The van der Waals surface area contributed by atoms with Crippen LogP contribution in [0.2, 0.25) is 0 Å². The van der Waals surface area contributed by atoms with Crippen molar-refractivity contribution < 1.29 is 38.6 Å². The van der Waals surface area contributed by atoms with E-state index in [-0.39, 0.29) is 36.5 Å². The number of esters is 1. The van der Waals surface area contributed by atoms with Crippen LogP contribution in [0.3, 0.4) is 0 Å². The highest BCUT2D eigenvalue weighted by Gasteiger charge is 2.46. The fourth-order valence-electron chi connectivity index (χ4n) is 3.36. The van der Waals surface area contributed by atoms with Crippen LogP contribution < -0.4 is 4.74 Å². The summed E-state index contributed by atoms with van der Waals surface area (Å²) in [5, 5.41) is 20.8. The molecule has 10 nitrogen and oxygen atoms in total. The second-order valence-electron chi connectivity index (χ2n) is 7.06. The molecule has 0 saturated carbocycles. The van der Waals surface area contributed by atoms with Crippen LogP contribution in [-0.2, 0) is 30.4 Å². The number of carbonyl (C=O) groups excluding carboxylic acids is 2. The smallest absolute Gasteiger partial charge is 0.311 e. The van der Waals surface area contributed by atoms with Crippen LogP contribution >= 0.6 is 0 Å². The first-order chi connectivity index (χ1) is 13.7. The minimum atomic E-state index is -1.15. The number of aliphatic hydroxyl groups excluding tert-OH is 1. The molecule has 1 heterocycles. The molecule has 1 aromatic carbocycles. The molecule has 10 heteroatoms. The van der Waals surface area contributed by atoms with E-state index >= 15 is 0 Å². The minimum Gasteiger partial charge on any atom is -0.465 e. The molecule has 1 saturated heterocycles. The van der Waals surface area contributed by atoms with Crippen molar-refractivity contribution in [2.24, 2.45) is 11.8 Å². The lowest BCUT2D eigenvalue weighted by atomic mass is 9.83. The molecule has 1 N–H and O–H groups in total. The van der Waals surface area contributed by atoms with Crippen LogP contribution in [0, 0.1) is 28.9 Å². The largest absolute Gasteiger partial charge is 0.465 e. The first-order valence-corrected chi connectivity index (χ1v) is 9.12. The van der Waals surface area contributed by atoms with Gasteiger partial charge in [-0.2, -0.15) is 0 Å². The van der Waals surface area contributed by atoms with Crippen LogP contribution in [0.1, 0.15) is 31.9 Å². The monoisotopic (exact) mass is 411 g/mol. The first kappa shape index (κ1) is 22.6. The molecule has 1 aliphatic heterocycles. The Balaban J connectivity index is 2.41. The van der Waals surface area contributed by atoms with E-state index in [4.69, 9.17) is 18.9 Å². The van der Waals surface area contributed by atoms with Crippen molar-refractivity contribution in [1.82, 2.24) is 0 Å². The van der Waals surface area contributed by atoms with Crippen LogP contribution in [0.5, 0.6) is 5.75 Å². The molecule has 0 aliphatic carbocycles. The summed E-state index contributed by atoms with van der Waals surface area (Å²) in [6, 6.07) is 2.77. The third-order valence-corrected chi connectivity index (χ3v) is 5.07. The van der Waals surface area contributed by atoms with Crippen LogP contribution in [0.4, 0.5) is 5.69 Å². The average molecular weight is 411 g/mol. The normalized spacial score (nSPS) is 26.4. The Hall–Kier alpha value is -2.72. The fraction of sp³-hybridized carbons (Fsp3) is 0.579. The number of hydrogen-bond acceptors (Lipinski definition) is 9. The van der Waals surface area contributed by atoms with Gasteiger partial charge >= 0.3 is 11.7 Å². The van der Waals surface area contributed by atoms with Crippen LogP contribution in [0.25, 0.3) is 0 Å². The number of nitro groups is 1. The molecule has 0 amide bonds. The summed E-state index contributed by atoms with van der Waals surface area (Å²) in [4.78, 5) is 33.1. The molecule has 1 fully saturated rings. The highest BCUT2D eigenvalue weighted by atomic mass is 16.7. The third kappa shape index (κ3) is 5.21. The standard InChI is InChI=1S/C19H25NO9/c1-10-5-14(7-21)6-15(20(24)25)17(10)29-19-18(27-13(4)23)12(3)11(2)16(28-19)8-26-9-22/h5-6,9,11-12,16,18-19,21H,7-8H2,1-4H3. The number of nitro benzene ring substituents is 1. The zero-order chi connectivity index (χ0) is 21.7. The van der Waals surface area contributed by atoms with Gasteiger partial charge in [-0.15, -0.1) is 0 Å². The van der Waals surface area contributed by atoms with Gasteiger partial charge in [-0.1, -0.05) is 13.8 Å². The Morgan fingerprint density at radius 1 is 1.34 bits per heavy atom. The molecular weight excluding hydrogens is 386 g/mol. The lowest BCUT2D eigenvalue weighted by molar-refractivity contribution is -0.387. The van der Waals surface area contributed by atoms with Gasteiger partial charge < -0.3 is 24.1 Å². The molecule has 0 aromatic heterocycles. The van der Waals surface area contributed by atoms with E-state index in [1.807, 2.05) is 13.8 Å². The predicted molar refractivity (Wildman–Crippen MR) is 98.9 cm³/mol. The molecule has 1 aliphatic rings. The summed E-state index contributed by atoms with van der Waals surface area (Å²) < 4.78 is 21.9. The van der Waals surface area contributed by atoms with Gasteiger partial charge in [0.15, 0.2) is 6.10 Å². The van der Waals surface area contributed by atoms with E-state index in [0.717, 1.165) is 0 Å². The molecule has 0 radical (unpaired) electrons. The molecule has 2 rings (SSSR count). The number of carbonyl (C=O) groups is 2. The Labute approximate surface area is 167 Å². The van der Waals surface area contributed by atoms with Crippen molar-refractivity contribution in [3.05, 3.63) is 33.4 Å². The maximum Gasteiger partial charge on any atom is 0.311 e. The van der Waals surface area contributed by atoms with Crippen molar-refractivity contribution in [1.29, 1.82) is 0 Å². The summed E-state index contributed by atoms with van der Waals surface area (Å²) >= 11 is 0. The number of nitrogens with zero attached hydrogens (tertiary/aromatic N) is 1. The number of rotatable bonds is 8. The summed E-state index contributed by atoms with van der Waals surface area (Å²) in [7, 11) is 0. The van der Waals surface area contributed by atoms with Gasteiger partial charge in [0.25, 0.3) is 6.47 Å². The number of aliphatic hydroxyl groups is 1. The van der Waals surface area contributed by atoms with Crippen LogP contribution in [0.15, 0.2) is 12.1 Å². The first-order valence-electron chi connectivity index (χ1n) is 9.12. The molecular formula is C19H25NO9. The van der Waals surface area contributed by atoms with E-state index < -0.39 is 29.4 Å². The fourth-order valence-corrected chi connectivity index (χ4v) is 3.36.